The number of hydrogen-bond acceptors (Lipinski definition) is 5. The average Bonchev–Trinajstić information content (AvgIpc) is 2.48. The van der Waals surface area contributed by atoms with Gasteiger partial charge in [-0.1, -0.05) is 0 Å². The Morgan fingerprint density at radius 1 is 1.30 bits per heavy atom. The first-order valence-corrected chi connectivity index (χ1v) is 6.76. The number of rotatable bonds is 5. The van der Waals surface area contributed by atoms with Gasteiger partial charge < -0.3 is 14.2 Å². The first-order chi connectivity index (χ1) is 9.70. The Bertz CT molecular complexity index is 460. The van der Waals surface area contributed by atoms with E-state index < -0.39 is 11.8 Å². The molecule has 5 nitrogen and oxygen atoms in total. The van der Waals surface area contributed by atoms with Crippen LogP contribution in [0.25, 0.3) is 0 Å². The van der Waals surface area contributed by atoms with E-state index in [4.69, 9.17) is 9.47 Å². The molecule has 1 atom stereocenters. The minimum absolute atomic E-state index is 0.0513. The van der Waals surface area contributed by atoms with E-state index in [2.05, 4.69) is 4.74 Å². The van der Waals surface area contributed by atoms with E-state index in [9.17, 15) is 9.59 Å². The highest BCUT2D eigenvalue weighted by molar-refractivity contribution is 6.40. The van der Waals surface area contributed by atoms with Gasteiger partial charge in [-0.25, -0.2) is 4.79 Å². The lowest BCUT2D eigenvalue weighted by atomic mass is 10.1. The minimum atomic E-state index is -0.832. The second kappa shape index (κ2) is 7.05. The second-order valence-corrected chi connectivity index (χ2v) is 4.53. The third-order valence-corrected chi connectivity index (χ3v) is 3.00. The van der Waals surface area contributed by atoms with Crippen LogP contribution in [0, 0.1) is 0 Å². The molecule has 0 aromatic heterocycles. The van der Waals surface area contributed by atoms with Crippen molar-refractivity contribution in [3.8, 4) is 5.75 Å². The van der Waals surface area contributed by atoms with Gasteiger partial charge in [0.05, 0.1) is 13.2 Å². The molecule has 2 rings (SSSR count). The Hall–Kier alpha value is -1.88. The molecule has 0 N–H and O–H groups in total. The summed E-state index contributed by atoms with van der Waals surface area (Å²) in [7, 11) is 0. The van der Waals surface area contributed by atoms with Crippen molar-refractivity contribution in [1.82, 2.24) is 0 Å². The summed E-state index contributed by atoms with van der Waals surface area (Å²) in [6.45, 7) is 3.22. The number of carbonyl (C=O) groups is 2. The van der Waals surface area contributed by atoms with E-state index in [0.29, 0.717) is 17.9 Å². The number of ketones is 1. The molecule has 0 saturated carbocycles. The number of benzene rings is 1. The number of Topliss-reactive ketones (excluding diaryl/α,β-unsaturated/α-hetero) is 1. The standard InChI is InChI=1S/C15H18O5/c1-2-19-15(17)14(16)11-5-7-12(8-6-11)20-13-4-3-9-18-10-13/h5-8,13H,2-4,9-10H2,1H3. The Labute approximate surface area is 117 Å². The molecule has 0 bridgehead atoms. The van der Waals surface area contributed by atoms with Crippen molar-refractivity contribution in [3.05, 3.63) is 29.8 Å². The fourth-order valence-electron chi connectivity index (χ4n) is 2.00. The summed E-state index contributed by atoms with van der Waals surface area (Å²) in [5, 5.41) is 0. The third-order valence-electron chi connectivity index (χ3n) is 3.00. The van der Waals surface area contributed by atoms with Crippen molar-refractivity contribution in [2.24, 2.45) is 0 Å². The fourth-order valence-corrected chi connectivity index (χ4v) is 2.00. The highest BCUT2D eigenvalue weighted by Gasteiger charge is 2.18. The highest BCUT2D eigenvalue weighted by Crippen LogP contribution is 2.18. The highest BCUT2D eigenvalue weighted by atomic mass is 16.5. The average molecular weight is 278 g/mol. The molecule has 1 saturated heterocycles. The molecule has 1 fully saturated rings. The van der Waals surface area contributed by atoms with Crippen LogP contribution in [0.4, 0.5) is 0 Å². The summed E-state index contributed by atoms with van der Waals surface area (Å²) in [4.78, 5) is 23.0. The smallest absolute Gasteiger partial charge is 0.379 e. The first-order valence-electron chi connectivity index (χ1n) is 6.76. The Kier molecular flexibility index (Phi) is 5.12. The largest absolute Gasteiger partial charge is 0.488 e. The zero-order chi connectivity index (χ0) is 14.4. The topological polar surface area (TPSA) is 61.8 Å². The van der Waals surface area contributed by atoms with Crippen LogP contribution in [-0.4, -0.2) is 37.7 Å². The van der Waals surface area contributed by atoms with E-state index in [1.165, 1.54) is 0 Å². The Morgan fingerprint density at radius 2 is 2.05 bits per heavy atom. The lowest BCUT2D eigenvalue weighted by Gasteiger charge is -2.23. The normalized spacial score (nSPS) is 18.4. The van der Waals surface area contributed by atoms with Crippen LogP contribution in [0.1, 0.15) is 30.1 Å². The van der Waals surface area contributed by atoms with Crippen molar-refractivity contribution >= 4 is 11.8 Å². The molecule has 1 aromatic rings. The van der Waals surface area contributed by atoms with Crippen molar-refractivity contribution in [1.29, 1.82) is 0 Å². The summed E-state index contributed by atoms with van der Waals surface area (Å²) >= 11 is 0. The molecular weight excluding hydrogens is 260 g/mol. The predicted octanol–water partition coefficient (Wildman–Crippen LogP) is 1.99. The van der Waals surface area contributed by atoms with Crippen LogP contribution in [0.2, 0.25) is 0 Å². The number of ether oxygens (including phenoxy) is 3. The van der Waals surface area contributed by atoms with Gasteiger partial charge in [-0.15, -0.1) is 0 Å². The molecule has 1 aliphatic heterocycles. The predicted molar refractivity (Wildman–Crippen MR) is 71.9 cm³/mol. The van der Waals surface area contributed by atoms with E-state index in [1.54, 1.807) is 31.2 Å². The summed E-state index contributed by atoms with van der Waals surface area (Å²) < 4.78 is 15.8. The van der Waals surface area contributed by atoms with Gasteiger partial charge in [0.1, 0.15) is 11.9 Å². The summed E-state index contributed by atoms with van der Waals surface area (Å²) in [5.74, 6) is -0.804. The van der Waals surface area contributed by atoms with Crippen molar-refractivity contribution in [2.45, 2.75) is 25.9 Å². The molecule has 20 heavy (non-hydrogen) atoms. The fraction of sp³-hybridized carbons (Fsp3) is 0.467. The van der Waals surface area contributed by atoms with Gasteiger partial charge in [-0.05, 0) is 44.0 Å². The quantitative estimate of drug-likeness (QED) is 0.468. The maximum absolute atomic E-state index is 11.7. The van der Waals surface area contributed by atoms with Crippen LogP contribution in [0.5, 0.6) is 5.75 Å². The molecule has 1 aliphatic rings. The minimum Gasteiger partial charge on any atom is -0.488 e. The van der Waals surface area contributed by atoms with Crippen LogP contribution < -0.4 is 4.74 Å². The molecule has 108 valence electrons. The monoisotopic (exact) mass is 278 g/mol. The number of hydrogen-bond donors (Lipinski definition) is 0. The van der Waals surface area contributed by atoms with Gasteiger partial charge in [-0.3, -0.25) is 4.79 Å². The van der Waals surface area contributed by atoms with Gasteiger partial charge in [-0.2, -0.15) is 0 Å². The Balaban J connectivity index is 1.95. The molecule has 0 amide bonds. The molecule has 0 aliphatic carbocycles. The van der Waals surface area contributed by atoms with Crippen molar-refractivity contribution in [2.75, 3.05) is 19.8 Å². The van der Waals surface area contributed by atoms with E-state index >= 15 is 0 Å². The van der Waals surface area contributed by atoms with Gasteiger partial charge >= 0.3 is 5.97 Å². The third kappa shape index (κ3) is 3.81. The lowest BCUT2D eigenvalue weighted by Crippen LogP contribution is -2.28. The van der Waals surface area contributed by atoms with Gasteiger partial charge in [0.15, 0.2) is 0 Å². The second-order valence-electron chi connectivity index (χ2n) is 4.53. The van der Waals surface area contributed by atoms with Gasteiger partial charge in [0.25, 0.3) is 5.78 Å². The van der Waals surface area contributed by atoms with Crippen molar-refractivity contribution < 1.29 is 23.8 Å². The van der Waals surface area contributed by atoms with E-state index in [0.717, 1.165) is 19.4 Å². The molecule has 5 heteroatoms. The number of carbonyl (C=O) groups excluding carboxylic acids is 2. The van der Waals surface area contributed by atoms with Crippen LogP contribution >= 0.6 is 0 Å². The maximum atomic E-state index is 11.7. The molecule has 1 aromatic carbocycles. The summed E-state index contributed by atoms with van der Waals surface area (Å²) in [6.07, 6.45) is 2.00. The van der Waals surface area contributed by atoms with Crippen LogP contribution in [0.15, 0.2) is 24.3 Å². The van der Waals surface area contributed by atoms with E-state index in [1.807, 2.05) is 0 Å². The molecule has 1 unspecified atom stereocenters. The molecule has 0 radical (unpaired) electrons. The van der Waals surface area contributed by atoms with Gasteiger partial charge in [0.2, 0.25) is 0 Å². The van der Waals surface area contributed by atoms with E-state index in [-0.39, 0.29) is 12.7 Å². The first kappa shape index (κ1) is 14.5. The maximum Gasteiger partial charge on any atom is 0.379 e. The summed E-state index contributed by atoms with van der Waals surface area (Å²) in [5.41, 5.74) is 0.302. The summed E-state index contributed by atoms with van der Waals surface area (Å²) in [6, 6.07) is 6.50. The zero-order valence-electron chi connectivity index (χ0n) is 11.5. The SMILES string of the molecule is CCOC(=O)C(=O)c1ccc(OC2CCCOC2)cc1. The molecule has 0 spiro atoms. The Morgan fingerprint density at radius 3 is 2.65 bits per heavy atom. The van der Waals surface area contributed by atoms with Crippen LogP contribution in [-0.2, 0) is 14.3 Å². The van der Waals surface area contributed by atoms with Crippen molar-refractivity contribution in [3.63, 3.8) is 0 Å². The molecule has 1 heterocycles. The van der Waals surface area contributed by atoms with Gasteiger partial charge in [0, 0.05) is 12.2 Å². The molecular formula is C15H18O5. The number of esters is 1. The van der Waals surface area contributed by atoms with Crippen LogP contribution in [0.3, 0.4) is 0 Å². The lowest BCUT2D eigenvalue weighted by molar-refractivity contribution is -0.137. The zero-order valence-corrected chi connectivity index (χ0v) is 11.5.